The summed E-state index contributed by atoms with van der Waals surface area (Å²) in [5.41, 5.74) is 5.43. The molecule has 0 unspecified atom stereocenters. The number of aryl methyl sites for hydroxylation is 1. The van der Waals surface area contributed by atoms with Gasteiger partial charge in [-0.3, -0.25) is 0 Å². The summed E-state index contributed by atoms with van der Waals surface area (Å²) in [7, 11) is 0. The Balaban J connectivity index is 1.56. The van der Waals surface area contributed by atoms with E-state index in [1.54, 1.807) is 18.2 Å². The lowest BCUT2D eigenvalue weighted by molar-refractivity contribution is -0.153. The first-order valence-corrected chi connectivity index (χ1v) is 10.5. The van der Waals surface area contributed by atoms with E-state index in [2.05, 4.69) is 35.9 Å². The lowest BCUT2D eigenvalue weighted by Crippen LogP contribution is -2.19. The van der Waals surface area contributed by atoms with Crippen LogP contribution in [0.5, 0.6) is 5.75 Å². The molecule has 32 heavy (non-hydrogen) atoms. The molecule has 0 fully saturated rings. The van der Waals surface area contributed by atoms with Gasteiger partial charge in [0.2, 0.25) is 0 Å². The van der Waals surface area contributed by atoms with E-state index in [4.69, 9.17) is 0 Å². The van der Waals surface area contributed by atoms with Gasteiger partial charge in [-0.25, -0.2) is 4.39 Å². The van der Waals surface area contributed by atoms with Crippen LogP contribution in [0.2, 0.25) is 0 Å². The molecule has 164 valence electrons. The second-order valence-electron chi connectivity index (χ2n) is 7.74. The van der Waals surface area contributed by atoms with Gasteiger partial charge in [-0.1, -0.05) is 80.1 Å². The highest BCUT2D eigenvalue weighted by Gasteiger charge is 2.29. The molecule has 0 radical (unpaired) electrons. The molecule has 0 atom stereocenters. The van der Waals surface area contributed by atoms with Crippen molar-refractivity contribution >= 4 is 10.8 Å². The SMILES string of the molecule is CCCc1ccc(-c2ccc(-c3ccc4c(F)c(OCC(F)(F)F)ccc4c3)cc2)cc1. The fourth-order valence-corrected chi connectivity index (χ4v) is 3.73. The van der Waals surface area contributed by atoms with E-state index in [1.165, 1.54) is 11.6 Å². The van der Waals surface area contributed by atoms with Gasteiger partial charge in [-0.2, -0.15) is 13.2 Å². The topological polar surface area (TPSA) is 9.23 Å². The normalized spacial score (nSPS) is 11.7. The molecule has 4 rings (SSSR count). The molecule has 4 aromatic carbocycles. The van der Waals surface area contributed by atoms with E-state index >= 15 is 0 Å². The van der Waals surface area contributed by atoms with Crippen LogP contribution in [-0.2, 0) is 6.42 Å². The molecule has 0 saturated carbocycles. The molecule has 0 aliphatic rings. The van der Waals surface area contributed by atoms with Crippen molar-refractivity contribution in [2.24, 2.45) is 0 Å². The number of halogens is 4. The van der Waals surface area contributed by atoms with Gasteiger partial charge in [-0.05, 0) is 51.8 Å². The molecular formula is C27H22F4O. The van der Waals surface area contributed by atoms with Crippen molar-refractivity contribution < 1.29 is 22.3 Å². The molecule has 0 aliphatic heterocycles. The number of fused-ring (bicyclic) bond motifs is 1. The van der Waals surface area contributed by atoms with Gasteiger partial charge < -0.3 is 4.74 Å². The lowest BCUT2D eigenvalue weighted by Gasteiger charge is -2.12. The summed E-state index contributed by atoms with van der Waals surface area (Å²) in [6.45, 7) is 0.635. The first-order valence-electron chi connectivity index (χ1n) is 10.5. The molecule has 0 aliphatic carbocycles. The van der Waals surface area contributed by atoms with Crippen LogP contribution in [0.15, 0.2) is 78.9 Å². The Bertz CT molecular complexity index is 1210. The summed E-state index contributed by atoms with van der Waals surface area (Å²) >= 11 is 0. The zero-order valence-electron chi connectivity index (χ0n) is 17.5. The van der Waals surface area contributed by atoms with Crippen molar-refractivity contribution in [1.82, 2.24) is 0 Å². The summed E-state index contributed by atoms with van der Waals surface area (Å²) in [5, 5.41) is 0.812. The number of benzene rings is 4. The van der Waals surface area contributed by atoms with Crippen molar-refractivity contribution in [2.45, 2.75) is 25.9 Å². The molecule has 0 amide bonds. The highest BCUT2D eigenvalue weighted by Crippen LogP contribution is 2.32. The van der Waals surface area contributed by atoms with E-state index in [0.717, 1.165) is 35.1 Å². The average Bonchev–Trinajstić information content (AvgIpc) is 2.79. The van der Waals surface area contributed by atoms with E-state index < -0.39 is 24.3 Å². The minimum absolute atomic E-state index is 0.220. The Kier molecular flexibility index (Phi) is 6.17. The molecule has 1 nitrogen and oxygen atoms in total. The minimum Gasteiger partial charge on any atom is -0.481 e. The summed E-state index contributed by atoms with van der Waals surface area (Å²) in [5.74, 6) is -1.20. The first-order chi connectivity index (χ1) is 15.3. The van der Waals surface area contributed by atoms with Gasteiger partial charge in [-0.15, -0.1) is 0 Å². The Morgan fingerprint density at radius 2 is 1.28 bits per heavy atom. The smallest absolute Gasteiger partial charge is 0.422 e. The van der Waals surface area contributed by atoms with Crippen LogP contribution in [0.3, 0.4) is 0 Å². The molecule has 0 aromatic heterocycles. The van der Waals surface area contributed by atoms with Crippen molar-refractivity contribution in [3.05, 3.63) is 90.2 Å². The maximum atomic E-state index is 14.6. The molecule has 0 bridgehead atoms. The van der Waals surface area contributed by atoms with E-state index in [9.17, 15) is 17.6 Å². The van der Waals surface area contributed by atoms with Crippen LogP contribution in [0.1, 0.15) is 18.9 Å². The molecule has 4 aromatic rings. The Hall–Kier alpha value is -3.34. The van der Waals surface area contributed by atoms with Crippen LogP contribution in [0.25, 0.3) is 33.0 Å². The predicted molar refractivity (Wildman–Crippen MR) is 120 cm³/mol. The van der Waals surface area contributed by atoms with Crippen molar-refractivity contribution in [2.75, 3.05) is 6.61 Å². The summed E-state index contributed by atoms with van der Waals surface area (Å²) in [4.78, 5) is 0. The molecule has 0 saturated heterocycles. The zero-order valence-corrected chi connectivity index (χ0v) is 17.5. The van der Waals surface area contributed by atoms with Gasteiger partial charge in [0.25, 0.3) is 0 Å². The zero-order chi connectivity index (χ0) is 22.7. The van der Waals surface area contributed by atoms with Gasteiger partial charge in [0.1, 0.15) is 0 Å². The van der Waals surface area contributed by atoms with E-state index in [0.29, 0.717) is 5.39 Å². The predicted octanol–water partition coefficient (Wildman–Crippen LogP) is 8.21. The first kappa shape index (κ1) is 21.9. The second kappa shape index (κ2) is 9.03. The van der Waals surface area contributed by atoms with Gasteiger partial charge in [0.05, 0.1) is 0 Å². The quantitative estimate of drug-likeness (QED) is 0.276. The monoisotopic (exact) mass is 438 g/mol. The fraction of sp³-hybridized carbons (Fsp3) is 0.185. The third-order valence-corrected chi connectivity index (χ3v) is 5.35. The number of hydrogen-bond donors (Lipinski definition) is 0. The molecule has 0 heterocycles. The third-order valence-electron chi connectivity index (χ3n) is 5.35. The molecule has 0 N–H and O–H groups in total. The summed E-state index contributed by atoms with van der Waals surface area (Å²) in [6, 6.07) is 24.6. The van der Waals surface area contributed by atoms with Crippen LogP contribution in [-0.4, -0.2) is 12.8 Å². The largest absolute Gasteiger partial charge is 0.481 e. The Morgan fingerprint density at radius 3 is 1.88 bits per heavy atom. The standard InChI is InChI=1S/C27H22F4O/c1-2-3-18-4-6-19(7-5-18)20-8-10-21(11-9-20)22-12-14-24-23(16-22)13-15-25(26(24)28)32-17-27(29,30)31/h4-16H,2-3,17H2,1H3. The van der Waals surface area contributed by atoms with Crippen LogP contribution in [0, 0.1) is 5.82 Å². The maximum Gasteiger partial charge on any atom is 0.422 e. The van der Waals surface area contributed by atoms with Crippen molar-refractivity contribution in [1.29, 1.82) is 0 Å². The summed E-state index contributed by atoms with van der Waals surface area (Å²) < 4.78 is 56.3. The minimum atomic E-state index is -4.52. The van der Waals surface area contributed by atoms with Crippen LogP contribution in [0.4, 0.5) is 17.6 Å². The third kappa shape index (κ3) is 4.93. The second-order valence-corrected chi connectivity index (χ2v) is 7.74. The number of alkyl halides is 3. The lowest BCUT2D eigenvalue weighted by atomic mass is 9.97. The highest BCUT2D eigenvalue weighted by atomic mass is 19.4. The summed E-state index contributed by atoms with van der Waals surface area (Å²) in [6.07, 6.45) is -2.34. The maximum absolute atomic E-state index is 14.6. The Morgan fingerprint density at radius 1 is 0.719 bits per heavy atom. The van der Waals surface area contributed by atoms with Gasteiger partial charge in [0.15, 0.2) is 18.2 Å². The number of ether oxygens (including phenoxy) is 1. The Labute approximate surface area is 184 Å². The average molecular weight is 438 g/mol. The van der Waals surface area contributed by atoms with E-state index in [1.807, 2.05) is 30.3 Å². The number of rotatable bonds is 6. The molecule has 0 spiro atoms. The number of hydrogen-bond acceptors (Lipinski definition) is 1. The molecule has 5 heteroatoms. The molecular weight excluding hydrogens is 416 g/mol. The van der Waals surface area contributed by atoms with Gasteiger partial charge >= 0.3 is 6.18 Å². The van der Waals surface area contributed by atoms with Crippen molar-refractivity contribution in [3.8, 4) is 28.0 Å². The van der Waals surface area contributed by atoms with Gasteiger partial charge in [0, 0.05) is 5.39 Å². The van der Waals surface area contributed by atoms with Crippen molar-refractivity contribution in [3.63, 3.8) is 0 Å². The highest BCUT2D eigenvalue weighted by molar-refractivity contribution is 5.89. The van der Waals surface area contributed by atoms with Crippen LogP contribution < -0.4 is 4.74 Å². The van der Waals surface area contributed by atoms with Crippen LogP contribution >= 0.6 is 0 Å². The van der Waals surface area contributed by atoms with E-state index in [-0.39, 0.29) is 5.39 Å². The fourth-order valence-electron chi connectivity index (χ4n) is 3.73.